The number of anilines is 1. The summed E-state index contributed by atoms with van der Waals surface area (Å²) >= 11 is 5.91. The molecule has 4 heterocycles. The van der Waals surface area contributed by atoms with Crippen LogP contribution in [0, 0.1) is 23.6 Å². The Morgan fingerprint density at radius 3 is 2.72 bits per heavy atom. The third-order valence-electron chi connectivity index (χ3n) is 8.76. The minimum Gasteiger partial charge on any atom is -0.493 e. The molecule has 3 aliphatic rings. The van der Waals surface area contributed by atoms with Crippen LogP contribution in [0.5, 0.6) is 5.75 Å². The Morgan fingerprint density at radius 1 is 1.15 bits per heavy atom. The van der Waals surface area contributed by atoms with Gasteiger partial charge in [-0.15, -0.1) is 0 Å². The van der Waals surface area contributed by atoms with Gasteiger partial charge in [-0.3, -0.25) is 4.79 Å². The molecule has 0 bridgehead atoms. The number of hydrogen-bond donors (Lipinski definition) is 0. The van der Waals surface area contributed by atoms with E-state index in [1.807, 2.05) is 18.1 Å². The summed E-state index contributed by atoms with van der Waals surface area (Å²) in [4.78, 5) is 25.6. The van der Waals surface area contributed by atoms with Gasteiger partial charge >= 0.3 is 0 Å². The molecule has 0 spiro atoms. The molecule has 2 aromatic heterocycles. The van der Waals surface area contributed by atoms with Crippen LogP contribution < -0.4 is 9.64 Å². The molecule has 2 aliphatic heterocycles. The normalized spacial score (nSPS) is 21.1. The number of carbonyl (C=O) groups is 1. The van der Waals surface area contributed by atoms with Gasteiger partial charge in [0.1, 0.15) is 11.6 Å². The Morgan fingerprint density at radius 2 is 1.95 bits per heavy atom. The number of carbonyl (C=O) groups excluding carboxylic acids is 1. The van der Waals surface area contributed by atoms with Crippen LogP contribution in [0.3, 0.4) is 0 Å². The average Bonchev–Trinajstić information content (AvgIpc) is 3.63. The molecule has 206 valence electrons. The van der Waals surface area contributed by atoms with Crippen molar-refractivity contribution in [2.24, 2.45) is 24.8 Å². The predicted molar refractivity (Wildman–Crippen MR) is 148 cm³/mol. The molecule has 2 atom stereocenters. The molecule has 39 heavy (non-hydrogen) atoms. The van der Waals surface area contributed by atoms with Gasteiger partial charge in [0.25, 0.3) is 0 Å². The van der Waals surface area contributed by atoms with Gasteiger partial charge in [-0.1, -0.05) is 17.7 Å². The van der Waals surface area contributed by atoms with Crippen LogP contribution in [-0.4, -0.2) is 51.6 Å². The highest BCUT2D eigenvalue weighted by atomic mass is 35.5. The van der Waals surface area contributed by atoms with Gasteiger partial charge in [0.2, 0.25) is 11.9 Å². The zero-order chi connectivity index (χ0) is 26.9. The van der Waals surface area contributed by atoms with Gasteiger partial charge in [-0.25, -0.2) is 14.4 Å². The van der Waals surface area contributed by atoms with Gasteiger partial charge < -0.3 is 19.1 Å². The number of halogens is 2. The highest BCUT2D eigenvalue weighted by molar-refractivity contribution is 6.30. The van der Waals surface area contributed by atoms with Crippen LogP contribution in [-0.2, 0) is 31.2 Å². The lowest BCUT2D eigenvalue weighted by Gasteiger charge is -2.32. The highest BCUT2D eigenvalue weighted by Gasteiger charge is 2.43. The second-order valence-electron chi connectivity index (χ2n) is 11.2. The monoisotopic (exact) mass is 551 g/mol. The average molecular weight is 552 g/mol. The topological polar surface area (TPSA) is 63.5 Å². The lowest BCUT2D eigenvalue weighted by atomic mass is 9.90. The molecule has 1 aromatic carbocycles. The van der Waals surface area contributed by atoms with Crippen LogP contribution in [0.15, 0.2) is 42.9 Å². The van der Waals surface area contributed by atoms with Crippen molar-refractivity contribution in [3.05, 3.63) is 70.5 Å². The zero-order valence-electron chi connectivity index (χ0n) is 22.4. The number of nitrogens with zero attached hydrogens (tertiary/aromatic N) is 5. The summed E-state index contributed by atoms with van der Waals surface area (Å²) in [6, 6.07) is 6.97. The minimum absolute atomic E-state index is 0.0385. The maximum atomic E-state index is 14.8. The number of piperidine rings is 1. The summed E-state index contributed by atoms with van der Waals surface area (Å²) < 4.78 is 22.8. The number of benzene rings is 1. The first kappa shape index (κ1) is 26.1. The van der Waals surface area contributed by atoms with Crippen molar-refractivity contribution >= 4 is 23.5 Å². The van der Waals surface area contributed by atoms with Crippen molar-refractivity contribution in [3.63, 3.8) is 0 Å². The Kier molecular flexibility index (Phi) is 7.47. The van der Waals surface area contributed by atoms with E-state index in [2.05, 4.69) is 25.5 Å². The van der Waals surface area contributed by atoms with Crippen LogP contribution in [0.4, 0.5) is 10.3 Å². The maximum absolute atomic E-state index is 14.8. The van der Waals surface area contributed by atoms with Gasteiger partial charge in [-0.2, -0.15) is 0 Å². The second kappa shape index (κ2) is 11.2. The Bertz CT molecular complexity index is 1320. The van der Waals surface area contributed by atoms with Gasteiger partial charge in [0.05, 0.1) is 30.4 Å². The van der Waals surface area contributed by atoms with E-state index in [1.165, 1.54) is 23.7 Å². The van der Waals surface area contributed by atoms with Gasteiger partial charge in [0, 0.05) is 57.6 Å². The molecule has 0 radical (unpaired) electrons. The number of fused-ring (bicyclic) bond motifs is 1. The SMILES string of the molecule is Cn1ccc2c1CCN(C(=O)Cc1ccc(OCC[C@@H]3C[C@@H]3C3CCN(c4ncc(Cl)cn4)CC3)cc1F)C2. The minimum atomic E-state index is -0.376. The summed E-state index contributed by atoms with van der Waals surface area (Å²) in [6.07, 6.45) is 10.8. The number of hydrogen-bond acceptors (Lipinski definition) is 5. The molecular weight excluding hydrogens is 517 g/mol. The molecule has 0 N–H and O–H groups in total. The molecule has 9 heteroatoms. The predicted octanol–water partition coefficient (Wildman–Crippen LogP) is 5.06. The van der Waals surface area contributed by atoms with Crippen LogP contribution in [0.2, 0.25) is 5.02 Å². The first-order chi connectivity index (χ1) is 18.9. The standard InChI is InChI=1S/C30H35ClFN5O2/c1-35-9-4-23-19-37(12-7-28(23)35)29(38)15-22-2-3-25(16-27(22)32)39-13-8-21-14-26(21)20-5-10-36(11-6-20)30-33-17-24(31)18-34-30/h2-4,9,16-18,20-21,26H,5-8,10-15,19H2,1H3/t21-,26-/m1/s1. The molecule has 2 fully saturated rings. The van der Waals surface area contributed by atoms with Crippen molar-refractivity contribution in [1.82, 2.24) is 19.4 Å². The second-order valence-corrected chi connectivity index (χ2v) is 11.7. The number of amides is 1. The van der Waals surface area contributed by atoms with Crippen LogP contribution in [0.1, 0.15) is 42.5 Å². The van der Waals surface area contributed by atoms with E-state index in [4.69, 9.17) is 16.3 Å². The fraction of sp³-hybridized carbons (Fsp3) is 0.500. The maximum Gasteiger partial charge on any atom is 0.227 e. The fourth-order valence-corrected chi connectivity index (χ4v) is 6.47. The first-order valence-corrected chi connectivity index (χ1v) is 14.4. The Balaban J connectivity index is 0.924. The third-order valence-corrected chi connectivity index (χ3v) is 8.96. The molecule has 0 unspecified atom stereocenters. The van der Waals surface area contributed by atoms with Gasteiger partial charge in [-0.05, 0) is 66.7 Å². The summed E-state index contributed by atoms with van der Waals surface area (Å²) in [5, 5.41) is 0.560. The fourth-order valence-electron chi connectivity index (χ4n) is 6.37. The Labute approximate surface area is 233 Å². The number of aryl methyl sites for hydroxylation is 1. The van der Waals surface area contributed by atoms with Crippen molar-refractivity contribution in [1.29, 1.82) is 0 Å². The quantitative estimate of drug-likeness (QED) is 0.392. The summed E-state index contributed by atoms with van der Waals surface area (Å²) in [6.45, 7) is 3.81. The summed E-state index contributed by atoms with van der Waals surface area (Å²) in [7, 11) is 2.03. The lowest BCUT2D eigenvalue weighted by Crippen LogP contribution is -2.37. The molecular formula is C30H35ClFN5O2. The van der Waals surface area contributed by atoms with E-state index in [-0.39, 0.29) is 18.1 Å². The van der Waals surface area contributed by atoms with E-state index in [0.29, 0.717) is 41.9 Å². The molecule has 6 rings (SSSR count). The molecule has 1 aliphatic carbocycles. The number of ether oxygens (including phenoxy) is 1. The zero-order valence-corrected chi connectivity index (χ0v) is 23.1. The third kappa shape index (κ3) is 5.91. The van der Waals surface area contributed by atoms with E-state index in [0.717, 1.165) is 56.6 Å². The van der Waals surface area contributed by atoms with E-state index >= 15 is 0 Å². The molecule has 3 aromatic rings. The van der Waals surface area contributed by atoms with Crippen molar-refractivity contribution in [2.75, 3.05) is 31.1 Å². The molecule has 7 nitrogen and oxygen atoms in total. The first-order valence-electron chi connectivity index (χ1n) is 14.0. The van der Waals surface area contributed by atoms with Crippen molar-refractivity contribution in [2.45, 2.75) is 45.1 Å². The summed E-state index contributed by atoms with van der Waals surface area (Å²) in [5.74, 6) is 3.06. The van der Waals surface area contributed by atoms with E-state index < -0.39 is 0 Å². The summed E-state index contributed by atoms with van der Waals surface area (Å²) in [5.41, 5.74) is 2.87. The van der Waals surface area contributed by atoms with E-state index in [1.54, 1.807) is 24.5 Å². The largest absolute Gasteiger partial charge is 0.493 e. The van der Waals surface area contributed by atoms with E-state index in [9.17, 15) is 9.18 Å². The van der Waals surface area contributed by atoms with Crippen molar-refractivity contribution < 1.29 is 13.9 Å². The highest BCUT2D eigenvalue weighted by Crippen LogP contribution is 2.49. The smallest absolute Gasteiger partial charge is 0.227 e. The molecule has 1 saturated carbocycles. The van der Waals surface area contributed by atoms with Crippen LogP contribution in [0.25, 0.3) is 0 Å². The Hall–Kier alpha value is -3.13. The van der Waals surface area contributed by atoms with Crippen molar-refractivity contribution in [3.8, 4) is 5.75 Å². The number of aromatic nitrogens is 3. The molecule has 1 saturated heterocycles. The number of rotatable bonds is 8. The van der Waals surface area contributed by atoms with Crippen LogP contribution >= 0.6 is 11.6 Å². The van der Waals surface area contributed by atoms with Gasteiger partial charge in [0.15, 0.2) is 0 Å². The molecule has 1 amide bonds. The lowest BCUT2D eigenvalue weighted by molar-refractivity contribution is -0.131.